The van der Waals surface area contributed by atoms with E-state index in [4.69, 9.17) is 27.9 Å². The fraction of sp³-hybridized carbons (Fsp3) is 0.457. The molecule has 3 aromatic carbocycles. The van der Waals surface area contributed by atoms with Gasteiger partial charge in [-0.1, -0.05) is 59.6 Å². The molecule has 0 radical (unpaired) electrons. The molecule has 0 aromatic heterocycles. The van der Waals surface area contributed by atoms with E-state index >= 15 is 0 Å². The second-order valence-electron chi connectivity index (χ2n) is 12.0. The summed E-state index contributed by atoms with van der Waals surface area (Å²) in [5, 5.41) is 37.7. The summed E-state index contributed by atoms with van der Waals surface area (Å²) < 4.78 is 5.39. The molecule has 5 rings (SSSR count). The minimum atomic E-state index is -0.979. The van der Waals surface area contributed by atoms with E-state index in [0.29, 0.717) is 46.4 Å². The largest absolute Gasteiger partial charge is 0.361 e. The number of halogens is 2. The lowest BCUT2D eigenvalue weighted by molar-refractivity contribution is -0.197. The number of anilines is 1. The molecule has 0 spiro atoms. The van der Waals surface area contributed by atoms with Gasteiger partial charge >= 0.3 is 0 Å². The number of aliphatic hydroxyl groups is 2. The topological polar surface area (TPSA) is 104 Å². The molecule has 45 heavy (non-hydrogen) atoms. The summed E-state index contributed by atoms with van der Waals surface area (Å²) in [5.41, 5.74) is 4.59. The number of ether oxygens (including phenoxy) is 1. The molecule has 0 aliphatic carbocycles. The number of likely N-dealkylation sites (tertiary alicyclic amines) is 2. The van der Waals surface area contributed by atoms with E-state index in [0.717, 1.165) is 63.0 Å². The van der Waals surface area contributed by atoms with Crippen LogP contribution < -0.4 is 10.6 Å². The number of rotatable bonds is 12. The number of benzene rings is 3. The monoisotopic (exact) mass is 651 g/mol. The lowest BCUT2D eigenvalue weighted by atomic mass is 9.79. The Hall–Kier alpha value is -2.71. The number of nitrogens with zero attached hydrogens (tertiary/aromatic N) is 3. The van der Waals surface area contributed by atoms with Gasteiger partial charge in [0.2, 0.25) is 6.41 Å². The lowest BCUT2D eigenvalue weighted by Crippen LogP contribution is -2.51. The third-order valence-corrected chi connectivity index (χ3v) is 9.58. The first-order valence-electron chi connectivity index (χ1n) is 15.8. The first kappa shape index (κ1) is 33.6. The van der Waals surface area contributed by atoms with Crippen LogP contribution in [0.4, 0.5) is 5.69 Å². The molecule has 2 heterocycles. The minimum absolute atomic E-state index is 0.189. The number of aliphatic hydroxyl groups excluding tert-OH is 2. The zero-order chi connectivity index (χ0) is 31.8. The molecule has 0 saturated carbocycles. The Morgan fingerprint density at radius 1 is 0.911 bits per heavy atom. The number of nitriles is 1. The highest BCUT2D eigenvalue weighted by atomic mass is 35.5. The fourth-order valence-corrected chi connectivity index (χ4v) is 7.27. The van der Waals surface area contributed by atoms with Crippen molar-refractivity contribution in [3.63, 3.8) is 0 Å². The van der Waals surface area contributed by atoms with E-state index < -0.39 is 12.8 Å². The summed E-state index contributed by atoms with van der Waals surface area (Å²) in [6, 6.07) is 24.1. The molecule has 2 saturated heterocycles. The van der Waals surface area contributed by atoms with E-state index in [1.807, 2.05) is 36.1 Å². The molecule has 4 N–H and O–H groups in total. The second kappa shape index (κ2) is 16.2. The number of piperidine rings is 2. The Labute approximate surface area is 276 Å². The summed E-state index contributed by atoms with van der Waals surface area (Å²) in [4.78, 5) is 4.64. The van der Waals surface area contributed by atoms with E-state index in [-0.39, 0.29) is 5.92 Å². The molecule has 2 fully saturated rings. The van der Waals surface area contributed by atoms with Crippen molar-refractivity contribution in [2.24, 2.45) is 5.92 Å². The maximum absolute atomic E-state index is 10.9. The van der Waals surface area contributed by atoms with Crippen LogP contribution in [-0.2, 0) is 4.74 Å². The van der Waals surface area contributed by atoms with Gasteiger partial charge in [0, 0.05) is 48.0 Å². The third-order valence-electron chi connectivity index (χ3n) is 9.15. The van der Waals surface area contributed by atoms with E-state index in [2.05, 4.69) is 45.9 Å². The molecule has 3 aromatic rings. The van der Waals surface area contributed by atoms with Gasteiger partial charge in [0.25, 0.3) is 0 Å². The van der Waals surface area contributed by atoms with Crippen molar-refractivity contribution in [1.29, 1.82) is 5.26 Å². The summed E-state index contributed by atoms with van der Waals surface area (Å²) in [5.74, 6) is 0.628. The van der Waals surface area contributed by atoms with Gasteiger partial charge in [-0.3, -0.25) is 10.2 Å². The summed E-state index contributed by atoms with van der Waals surface area (Å²) in [6.45, 7) is 6.73. The van der Waals surface area contributed by atoms with Crippen molar-refractivity contribution in [1.82, 2.24) is 15.1 Å². The van der Waals surface area contributed by atoms with Gasteiger partial charge < -0.3 is 25.2 Å². The van der Waals surface area contributed by atoms with Crippen LogP contribution in [0, 0.1) is 17.2 Å². The van der Waals surface area contributed by atoms with Gasteiger partial charge in [-0.05, 0) is 105 Å². The van der Waals surface area contributed by atoms with Crippen molar-refractivity contribution in [3.8, 4) is 17.2 Å². The normalized spacial score (nSPS) is 19.1. The predicted octanol–water partition coefficient (Wildman–Crippen LogP) is 6.08. The Kier molecular flexibility index (Phi) is 12.1. The SMILES string of the molecule is CCO[C@@H](O)N1CCC(N2CCC(C(CNC(O)Nc3cc(Cl)cc(Cl)c3)c3ccc(-c4cccc(C#N)c4)cc3)CC2)CC1. The van der Waals surface area contributed by atoms with Crippen molar-refractivity contribution in [2.45, 2.75) is 57.3 Å². The van der Waals surface area contributed by atoms with Gasteiger partial charge in [0.1, 0.15) is 0 Å². The molecular formula is C35H43Cl2N5O3. The van der Waals surface area contributed by atoms with Crippen LogP contribution in [0.1, 0.15) is 49.7 Å². The van der Waals surface area contributed by atoms with Crippen molar-refractivity contribution >= 4 is 28.9 Å². The first-order valence-corrected chi connectivity index (χ1v) is 16.6. The highest BCUT2D eigenvalue weighted by Crippen LogP contribution is 2.35. The Balaban J connectivity index is 1.25. The Bertz CT molecular complexity index is 1400. The van der Waals surface area contributed by atoms with Crippen molar-refractivity contribution in [3.05, 3.63) is 87.9 Å². The summed E-state index contributed by atoms with van der Waals surface area (Å²) >= 11 is 12.3. The molecule has 10 heteroatoms. The number of hydrogen-bond acceptors (Lipinski definition) is 8. The quantitative estimate of drug-likeness (QED) is 0.175. The van der Waals surface area contributed by atoms with Crippen molar-refractivity contribution in [2.75, 3.05) is 44.6 Å². The van der Waals surface area contributed by atoms with Gasteiger partial charge in [-0.15, -0.1) is 0 Å². The van der Waals surface area contributed by atoms with Crippen LogP contribution in [0.15, 0.2) is 66.7 Å². The van der Waals surface area contributed by atoms with Crippen LogP contribution in [0.3, 0.4) is 0 Å². The van der Waals surface area contributed by atoms with Crippen LogP contribution in [-0.4, -0.2) is 78.2 Å². The fourth-order valence-electron chi connectivity index (χ4n) is 6.75. The summed E-state index contributed by atoms with van der Waals surface area (Å²) in [7, 11) is 0. The predicted molar refractivity (Wildman–Crippen MR) is 180 cm³/mol. The zero-order valence-electron chi connectivity index (χ0n) is 25.7. The van der Waals surface area contributed by atoms with Crippen LogP contribution >= 0.6 is 23.2 Å². The van der Waals surface area contributed by atoms with Crippen LogP contribution in [0.5, 0.6) is 0 Å². The molecule has 2 aliphatic heterocycles. The molecular weight excluding hydrogens is 609 g/mol. The molecule has 0 bridgehead atoms. The Morgan fingerprint density at radius 2 is 1.60 bits per heavy atom. The molecule has 3 atom stereocenters. The summed E-state index contributed by atoms with van der Waals surface area (Å²) in [6.07, 6.45) is 2.39. The number of hydrogen-bond donors (Lipinski definition) is 4. The molecule has 240 valence electrons. The lowest BCUT2D eigenvalue weighted by Gasteiger charge is -2.44. The van der Waals surface area contributed by atoms with Gasteiger partial charge in [0.05, 0.1) is 11.6 Å². The van der Waals surface area contributed by atoms with Gasteiger partial charge in [-0.2, -0.15) is 5.26 Å². The molecule has 0 amide bonds. The first-order chi connectivity index (χ1) is 21.8. The molecule has 2 aliphatic rings. The molecule has 8 nitrogen and oxygen atoms in total. The highest BCUT2D eigenvalue weighted by Gasteiger charge is 2.33. The number of nitrogens with one attached hydrogen (secondary N) is 2. The smallest absolute Gasteiger partial charge is 0.216 e. The van der Waals surface area contributed by atoms with Crippen molar-refractivity contribution < 1.29 is 14.9 Å². The maximum atomic E-state index is 10.9. The maximum Gasteiger partial charge on any atom is 0.216 e. The molecule has 2 unspecified atom stereocenters. The van der Waals surface area contributed by atoms with E-state index in [9.17, 15) is 15.5 Å². The zero-order valence-corrected chi connectivity index (χ0v) is 27.2. The van der Waals surface area contributed by atoms with Crippen LogP contribution in [0.2, 0.25) is 10.0 Å². The van der Waals surface area contributed by atoms with Gasteiger partial charge in [0.15, 0.2) is 6.35 Å². The average Bonchev–Trinajstić information content (AvgIpc) is 3.05. The van der Waals surface area contributed by atoms with Gasteiger partial charge in [-0.25, -0.2) is 0 Å². The van der Waals surface area contributed by atoms with E-state index in [1.165, 1.54) is 5.56 Å². The highest BCUT2D eigenvalue weighted by molar-refractivity contribution is 6.35. The standard InChI is InChI=1S/C35H43Cl2N5O3/c1-2-45-35(44)42-16-12-32(13-17-42)41-14-10-27(11-15-41)33(23-39-34(43)40-31-20-29(36)19-30(37)21-31)26-8-6-25(7-9-26)28-5-3-4-24(18-28)22-38/h3-9,18-21,27,32-35,39-40,43-44H,2,10-17,23H2,1H3/t33?,34?,35-/m1/s1. The average molecular weight is 653 g/mol. The second-order valence-corrected chi connectivity index (χ2v) is 12.8. The minimum Gasteiger partial charge on any atom is -0.361 e. The van der Waals surface area contributed by atoms with E-state index in [1.54, 1.807) is 18.2 Å². The Morgan fingerprint density at radius 3 is 2.24 bits per heavy atom. The third kappa shape index (κ3) is 9.19. The van der Waals surface area contributed by atoms with Crippen LogP contribution in [0.25, 0.3) is 11.1 Å².